The molecule has 3 aromatic rings. The molecule has 2 fully saturated rings. The number of amides is 2. The Morgan fingerprint density at radius 3 is 2.59 bits per heavy atom. The van der Waals surface area contributed by atoms with E-state index in [9.17, 15) is 14.4 Å². The number of rotatable bonds is 6. The molecule has 3 N–H and O–H groups in total. The third-order valence-corrected chi connectivity index (χ3v) is 9.51. The Morgan fingerprint density at radius 1 is 1.19 bits per heavy atom. The van der Waals surface area contributed by atoms with Crippen LogP contribution in [0, 0.1) is 25.2 Å². The Balaban J connectivity index is 1.41. The number of nitrogens with zero attached hydrogens (tertiary/aromatic N) is 1. The first-order chi connectivity index (χ1) is 17.8. The molecule has 196 valence electrons. The van der Waals surface area contributed by atoms with Gasteiger partial charge in [-0.05, 0) is 77.2 Å². The van der Waals surface area contributed by atoms with E-state index in [0.717, 1.165) is 65.8 Å². The largest absolute Gasteiger partial charge is 0.356 e. The van der Waals surface area contributed by atoms with Crippen molar-refractivity contribution in [2.24, 2.45) is 11.3 Å². The van der Waals surface area contributed by atoms with Crippen molar-refractivity contribution < 1.29 is 9.59 Å². The first-order valence-electron chi connectivity index (χ1n) is 13.2. The van der Waals surface area contributed by atoms with E-state index in [1.54, 1.807) is 0 Å². The summed E-state index contributed by atoms with van der Waals surface area (Å²) < 4.78 is 2.31. The van der Waals surface area contributed by atoms with E-state index in [4.69, 9.17) is 0 Å². The SMILES string of the molecule is CSc1cc(C)[nH]c(=O)c1CNC(=O)c1c(C)n([C@H](C)C2CCC3(CCNC3=O)CC2)c2ccccc12. The highest BCUT2D eigenvalue weighted by molar-refractivity contribution is 7.98. The molecule has 0 radical (unpaired) electrons. The Hall–Kier alpha value is -3.00. The van der Waals surface area contributed by atoms with Gasteiger partial charge in [0, 0.05) is 51.9 Å². The summed E-state index contributed by atoms with van der Waals surface area (Å²) in [6, 6.07) is 10.2. The van der Waals surface area contributed by atoms with Gasteiger partial charge >= 0.3 is 0 Å². The summed E-state index contributed by atoms with van der Waals surface area (Å²) >= 11 is 1.51. The van der Waals surface area contributed by atoms with E-state index in [1.807, 2.05) is 44.4 Å². The quantitative estimate of drug-likeness (QED) is 0.405. The van der Waals surface area contributed by atoms with Crippen molar-refractivity contribution in [3.8, 4) is 0 Å². The van der Waals surface area contributed by atoms with Gasteiger partial charge in [-0.2, -0.15) is 0 Å². The van der Waals surface area contributed by atoms with Crippen molar-refractivity contribution in [3.63, 3.8) is 0 Å². The van der Waals surface area contributed by atoms with Gasteiger partial charge in [-0.3, -0.25) is 14.4 Å². The molecule has 0 unspecified atom stereocenters. The number of nitrogens with one attached hydrogen (secondary N) is 3. The second-order valence-electron chi connectivity index (χ2n) is 10.7. The molecule has 1 saturated carbocycles. The van der Waals surface area contributed by atoms with E-state index >= 15 is 0 Å². The number of benzene rings is 1. The van der Waals surface area contributed by atoms with Crippen LogP contribution in [-0.4, -0.2) is 34.2 Å². The highest BCUT2D eigenvalue weighted by atomic mass is 32.2. The highest BCUT2D eigenvalue weighted by Crippen LogP contribution is 2.47. The minimum absolute atomic E-state index is 0.163. The van der Waals surface area contributed by atoms with Gasteiger partial charge in [-0.1, -0.05) is 18.2 Å². The first kappa shape index (κ1) is 25.6. The monoisotopic (exact) mass is 520 g/mol. The lowest BCUT2D eigenvalue weighted by molar-refractivity contribution is -0.129. The standard InChI is InChI=1S/C29H36N4O3S/c1-17-15-24(37-4)22(26(34)32-17)16-31-27(35)25-19(3)33(23-8-6-5-7-21(23)25)18(2)20-9-11-29(12-10-20)13-14-30-28(29)36/h5-8,15,18,20H,9-14,16H2,1-4H3,(H,30,36)(H,31,35)(H,32,34)/t18-,20?,29?/m1/s1. The Kier molecular flexibility index (Phi) is 6.96. The average molecular weight is 521 g/mol. The van der Waals surface area contributed by atoms with Crippen molar-refractivity contribution >= 4 is 34.5 Å². The molecule has 1 aliphatic carbocycles. The van der Waals surface area contributed by atoms with E-state index < -0.39 is 0 Å². The van der Waals surface area contributed by atoms with Gasteiger partial charge in [0.25, 0.3) is 11.5 Å². The number of aryl methyl sites for hydroxylation is 1. The number of aromatic amines is 1. The van der Waals surface area contributed by atoms with Crippen LogP contribution in [0.2, 0.25) is 0 Å². The lowest BCUT2D eigenvalue weighted by atomic mass is 9.68. The number of hydrogen-bond donors (Lipinski definition) is 3. The van der Waals surface area contributed by atoms with Crippen molar-refractivity contribution in [3.05, 3.63) is 63.2 Å². The van der Waals surface area contributed by atoms with Gasteiger partial charge in [0.1, 0.15) is 0 Å². The smallest absolute Gasteiger partial charge is 0.254 e. The maximum atomic E-state index is 13.6. The zero-order chi connectivity index (χ0) is 26.3. The minimum Gasteiger partial charge on any atom is -0.356 e. The molecule has 1 aromatic carbocycles. The minimum atomic E-state index is -0.170. The predicted octanol–water partition coefficient (Wildman–Crippen LogP) is 4.86. The molecule has 7 nitrogen and oxygen atoms in total. The molecule has 1 aliphatic heterocycles. The van der Waals surface area contributed by atoms with Gasteiger partial charge in [0.2, 0.25) is 5.91 Å². The fraction of sp³-hybridized carbons (Fsp3) is 0.483. The summed E-state index contributed by atoms with van der Waals surface area (Å²) in [5, 5.41) is 6.98. The van der Waals surface area contributed by atoms with Crippen LogP contribution in [0.4, 0.5) is 0 Å². The molecule has 1 saturated heterocycles. The zero-order valence-electron chi connectivity index (χ0n) is 22.1. The lowest BCUT2D eigenvalue weighted by Crippen LogP contribution is -2.36. The summed E-state index contributed by atoms with van der Waals surface area (Å²) in [7, 11) is 0. The number of thioether (sulfide) groups is 1. The van der Waals surface area contributed by atoms with Gasteiger partial charge in [0.15, 0.2) is 0 Å². The molecule has 1 spiro atoms. The molecular formula is C29H36N4O3S. The molecule has 8 heteroatoms. The Labute approximate surface area is 221 Å². The predicted molar refractivity (Wildman–Crippen MR) is 148 cm³/mol. The Morgan fingerprint density at radius 2 is 1.92 bits per heavy atom. The number of H-pyrrole nitrogens is 1. The lowest BCUT2D eigenvalue weighted by Gasteiger charge is -2.38. The van der Waals surface area contributed by atoms with Crippen LogP contribution in [0.25, 0.3) is 10.9 Å². The molecular weight excluding hydrogens is 484 g/mol. The molecule has 0 bridgehead atoms. The van der Waals surface area contributed by atoms with Crippen LogP contribution >= 0.6 is 11.8 Å². The molecule has 1 atom stereocenters. The second kappa shape index (κ2) is 10.0. The maximum absolute atomic E-state index is 13.6. The normalized spacial score (nSPS) is 22.4. The van der Waals surface area contributed by atoms with E-state index in [0.29, 0.717) is 17.0 Å². The van der Waals surface area contributed by atoms with Gasteiger partial charge in [-0.15, -0.1) is 11.8 Å². The fourth-order valence-electron chi connectivity index (χ4n) is 6.57. The molecule has 5 rings (SSSR count). The van der Waals surface area contributed by atoms with Crippen LogP contribution in [-0.2, 0) is 11.3 Å². The third-order valence-electron chi connectivity index (χ3n) is 8.71. The second-order valence-corrected chi connectivity index (χ2v) is 11.6. The summed E-state index contributed by atoms with van der Waals surface area (Å²) in [6.07, 6.45) is 6.77. The summed E-state index contributed by atoms with van der Waals surface area (Å²) in [5.74, 6) is 0.508. The first-order valence-corrected chi connectivity index (χ1v) is 14.4. The van der Waals surface area contributed by atoms with Crippen LogP contribution in [0.15, 0.2) is 40.0 Å². The third kappa shape index (κ3) is 4.49. The van der Waals surface area contributed by atoms with Crippen molar-refractivity contribution in [1.29, 1.82) is 0 Å². The molecule has 2 aromatic heterocycles. The molecule has 3 heterocycles. The van der Waals surface area contributed by atoms with Gasteiger partial charge in [-0.25, -0.2) is 0 Å². The number of fused-ring (bicyclic) bond motifs is 1. The topological polar surface area (TPSA) is 96.0 Å². The fourth-order valence-corrected chi connectivity index (χ4v) is 7.28. The maximum Gasteiger partial charge on any atom is 0.254 e. The van der Waals surface area contributed by atoms with Gasteiger partial charge in [0.05, 0.1) is 11.0 Å². The number of pyridine rings is 1. The molecule has 2 aliphatic rings. The van der Waals surface area contributed by atoms with Crippen LogP contribution in [0.1, 0.15) is 72.4 Å². The van der Waals surface area contributed by atoms with Crippen LogP contribution < -0.4 is 16.2 Å². The number of aromatic nitrogens is 2. The average Bonchev–Trinajstić information content (AvgIpc) is 3.38. The van der Waals surface area contributed by atoms with Gasteiger partial charge < -0.3 is 20.2 Å². The number of carbonyl (C=O) groups excluding carboxylic acids is 2. The zero-order valence-corrected chi connectivity index (χ0v) is 22.9. The summed E-state index contributed by atoms with van der Waals surface area (Å²) in [6.45, 7) is 7.09. The molecule has 37 heavy (non-hydrogen) atoms. The van der Waals surface area contributed by atoms with Crippen LogP contribution in [0.3, 0.4) is 0 Å². The molecule has 2 amide bonds. The van der Waals surface area contributed by atoms with Crippen molar-refractivity contribution in [2.75, 3.05) is 12.8 Å². The highest BCUT2D eigenvalue weighted by Gasteiger charge is 2.45. The van der Waals surface area contributed by atoms with Crippen LogP contribution in [0.5, 0.6) is 0 Å². The summed E-state index contributed by atoms with van der Waals surface area (Å²) in [5.41, 5.74) is 3.70. The van der Waals surface area contributed by atoms with Crippen molar-refractivity contribution in [2.45, 2.75) is 70.4 Å². The van der Waals surface area contributed by atoms with Crippen molar-refractivity contribution in [1.82, 2.24) is 20.2 Å². The number of hydrogen-bond acceptors (Lipinski definition) is 4. The van der Waals surface area contributed by atoms with E-state index in [2.05, 4.69) is 33.2 Å². The summed E-state index contributed by atoms with van der Waals surface area (Å²) in [4.78, 5) is 42.3. The Bertz CT molecular complexity index is 1410. The van der Waals surface area contributed by atoms with E-state index in [-0.39, 0.29) is 35.4 Å². The number of para-hydroxylation sites is 1. The number of carbonyl (C=O) groups is 2. The van der Waals surface area contributed by atoms with E-state index in [1.165, 1.54) is 11.8 Å².